The lowest BCUT2D eigenvalue weighted by Crippen LogP contribution is -2.37. The number of rotatable bonds is 3. The van der Waals surface area contributed by atoms with Gasteiger partial charge in [0.25, 0.3) is 0 Å². The summed E-state index contributed by atoms with van der Waals surface area (Å²) in [7, 11) is 0. The van der Waals surface area contributed by atoms with E-state index in [1.807, 2.05) is 0 Å². The zero-order chi connectivity index (χ0) is 27.3. The second-order valence-electron chi connectivity index (χ2n) is 14.8. The Bertz CT molecular complexity index is 1760. The molecule has 2 aromatic heterocycles. The first-order valence-electron chi connectivity index (χ1n) is 16.0. The van der Waals surface area contributed by atoms with Crippen molar-refractivity contribution in [2.45, 2.75) is 88.9 Å². The standard InChI is InChI=1S/C37H39N3O/c1-36(18-22-7-8-23(13-22)19-36)34-38-33(39-35(40-34)37(2)20-24-9-10-25(14-24)21-37)28-11-12-31-29(16-28)30-15-26-5-3-4-6-27(26)17-32(30)41-31/h3-6,11-12,15-17,22-25H,7-10,13-14,18-21H2,1-2H3/t22-,23?,24-,25?,36?,37?/m0/s1. The summed E-state index contributed by atoms with van der Waals surface area (Å²) in [5, 5.41) is 4.73. The third-order valence-electron chi connectivity index (χ3n) is 11.6. The Hall–Kier alpha value is -3.27. The lowest BCUT2D eigenvalue weighted by molar-refractivity contribution is 0.207. The molecule has 41 heavy (non-hydrogen) atoms. The van der Waals surface area contributed by atoms with Crippen LogP contribution in [0.4, 0.5) is 0 Å². The molecular formula is C37H39N3O. The van der Waals surface area contributed by atoms with Gasteiger partial charge in [-0.15, -0.1) is 0 Å². The molecule has 4 nitrogen and oxygen atoms in total. The molecule has 4 aliphatic rings. The molecule has 0 amide bonds. The fraction of sp³-hybridized carbons (Fsp3) is 0.486. The Morgan fingerprint density at radius 1 is 0.610 bits per heavy atom. The van der Waals surface area contributed by atoms with Crippen molar-refractivity contribution in [2.24, 2.45) is 23.7 Å². The summed E-state index contributed by atoms with van der Waals surface area (Å²) in [5.74, 6) is 6.26. The molecule has 0 saturated heterocycles. The van der Waals surface area contributed by atoms with Crippen molar-refractivity contribution >= 4 is 32.7 Å². The average molecular weight is 542 g/mol. The Balaban J connectivity index is 1.21. The lowest BCUT2D eigenvalue weighted by Gasteiger charge is -2.39. The molecule has 0 spiro atoms. The average Bonchev–Trinajstić information content (AvgIpc) is 3.64. The van der Waals surface area contributed by atoms with E-state index in [-0.39, 0.29) is 10.8 Å². The van der Waals surface area contributed by atoms with Crippen LogP contribution in [0.3, 0.4) is 0 Å². The normalized spacial score (nSPS) is 32.8. The van der Waals surface area contributed by atoms with Crippen molar-refractivity contribution in [3.8, 4) is 11.4 Å². The highest BCUT2D eigenvalue weighted by atomic mass is 16.3. The second kappa shape index (κ2) is 8.63. The minimum absolute atomic E-state index is 0.0336. The molecule has 0 N–H and O–H groups in total. The summed E-state index contributed by atoms with van der Waals surface area (Å²) in [6.45, 7) is 4.90. The topological polar surface area (TPSA) is 51.8 Å². The summed E-state index contributed by atoms with van der Waals surface area (Å²) in [4.78, 5) is 16.1. The van der Waals surface area contributed by atoms with E-state index in [4.69, 9.17) is 19.4 Å². The molecule has 4 unspecified atom stereocenters. The molecular weight excluding hydrogens is 502 g/mol. The third kappa shape index (κ3) is 3.89. The highest BCUT2D eigenvalue weighted by Crippen LogP contribution is 2.53. The molecule has 4 fully saturated rings. The van der Waals surface area contributed by atoms with E-state index >= 15 is 0 Å². The van der Waals surface area contributed by atoms with E-state index in [1.54, 1.807) is 0 Å². The molecule has 9 rings (SSSR count). The van der Waals surface area contributed by atoms with Gasteiger partial charge in [-0.2, -0.15) is 0 Å². The minimum atomic E-state index is 0.0336. The second-order valence-corrected chi connectivity index (χ2v) is 14.8. The van der Waals surface area contributed by atoms with E-state index in [0.29, 0.717) is 0 Å². The van der Waals surface area contributed by atoms with Gasteiger partial charge in [-0.1, -0.05) is 63.8 Å². The first-order chi connectivity index (χ1) is 19.9. The van der Waals surface area contributed by atoms with Crippen LogP contribution in [-0.4, -0.2) is 15.0 Å². The Labute approximate surface area is 242 Å². The highest BCUT2D eigenvalue weighted by molar-refractivity contribution is 6.10. The van der Waals surface area contributed by atoms with Crippen LogP contribution in [-0.2, 0) is 10.8 Å². The number of nitrogens with zero attached hydrogens (tertiary/aromatic N) is 3. The van der Waals surface area contributed by atoms with Gasteiger partial charge in [0.15, 0.2) is 5.82 Å². The van der Waals surface area contributed by atoms with Crippen molar-refractivity contribution in [1.82, 2.24) is 15.0 Å². The molecule has 0 radical (unpaired) electrons. The maximum absolute atomic E-state index is 6.33. The Morgan fingerprint density at radius 2 is 1.15 bits per heavy atom. The summed E-state index contributed by atoms with van der Waals surface area (Å²) in [6.07, 6.45) is 13.2. The van der Waals surface area contributed by atoms with Gasteiger partial charge in [0.2, 0.25) is 0 Å². The third-order valence-corrected chi connectivity index (χ3v) is 11.6. The summed E-state index contributed by atoms with van der Waals surface area (Å²) in [5.41, 5.74) is 2.99. The van der Waals surface area contributed by atoms with Crippen molar-refractivity contribution in [3.63, 3.8) is 0 Å². The molecule has 4 saturated carbocycles. The first kappa shape index (κ1) is 24.3. The fourth-order valence-corrected chi connectivity index (χ4v) is 9.83. The number of furan rings is 1. The van der Waals surface area contributed by atoms with Gasteiger partial charge < -0.3 is 4.42 Å². The number of hydrogen-bond donors (Lipinski definition) is 0. The number of benzene rings is 3. The van der Waals surface area contributed by atoms with Crippen LogP contribution < -0.4 is 0 Å². The smallest absolute Gasteiger partial charge is 0.163 e. The molecule has 6 atom stereocenters. The Morgan fingerprint density at radius 3 is 1.73 bits per heavy atom. The predicted molar refractivity (Wildman–Crippen MR) is 165 cm³/mol. The molecule has 2 heterocycles. The van der Waals surface area contributed by atoms with Crippen molar-refractivity contribution in [1.29, 1.82) is 0 Å². The van der Waals surface area contributed by atoms with Gasteiger partial charge >= 0.3 is 0 Å². The minimum Gasteiger partial charge on any atom is -0.456 e. The van der Waals surface area contributed by atoms with Gasteiger partial charge in [0, 0.05) is 27.2 Å². The van der Waals surface area contributed by atoms with Gasteiger partial charge in [-0.3, -0.25) is 0 Å². The van der Waals surface area contributed by atoms with Crippen LogP contribution in [0.1, 0.15) is 89.7 Å². The van der Waals surface area contributed by atoms with Crippen LogP contribution >= 0.6 is 0 Å². The molecule has 0 aliphatic heterocycles. The number of fused-ring (bicyclic) bond motifs is 8. The summed E-state index contributed by atoms with van der Waals surface area (Å²) >= 11 is 0. The molecule has 4 bridgehead atoms. The van der Waals surface area contributed by atoms with Crippen LogP contribution in [0.15, 0.2) is 59.0 Å². The fourth-order valence-electron chi connectivity index (χ4n) is 9.83. The SMILES string of the molecule is CC1(c2nc(-c3ccc4oc5cc6ccccc6cc5c4c3)nc(C3(C)CC4CC[C@@H](C4)C3)n2)CC2CC[C@@H](C2)C1. The van der Waals surface area contributed by atoms with Crippen molar-refractivity contribution in [3.05, 3.63) is 66.2 Å². The molecule has 4 heteroatoms. The van der Waals surface area contributed by atoms with Gasteiger partial charge in [-0.05, 0) is 103 Å². The maximum atomic E-state index is 6.33. The summed E-state index contributed by atoms with van der Waals surface area (Å²) in [6, 6.07) is 19.5. The lowest BCUT2D eigenvalue weighted by atomic mass is 9.68. The van der Waals surface area contributed by atoms with Crippen LogP contribution in [0.25, 0.3) is 44.1 Å². The van der Waals surface area contributed by atoms with Gasteiger partial charge in [0.1, 0.15) is 22.8 Å². The van der Waals surface area contributed by atoms with E-state index in [9.17, 15) is 0 Å². The van der Waals surface area contributed by atoms with Crippen molar-refractivity contribution < 1.29 is 4.42 Å². The maximum Gasteiger partial charge on any atom is 0.163 e. The quantitative estimate of drug-likeness (QED) is 0.228. The van der Waals surface area contributed by atoms with Crippen molar-refractivity contribution in [2.75, 3.05) is 0 Å². The van der Waals surface area contributed by atoms with E-state index in [0.717, 1.165) is 68.6 Å². The van der Waals surface area contributed by atoms with Gasteiger partial charge in [-0.25, -0.2) is 15.0 Å². The zero-order valence-electron chi connectivity index (χ0n) is 24.3. The monoisotopic (exact) mass is 541 g/mol. The van der Waals surface area contributed by atoms with E-state index in [1.165, 1.54) is 75.0 Å². The first-order valence-corrected chi connectivity index (χ1v) is 16.0. The number of hydrogen-bond acceptors (Lipinski definition) is 4. The zero-order valence-corrected chi connectivity index (χ0v) is 24.3. The van der Waals surface area contributed by atoms with Gasteiger partial charge in [0.05, 0.1) is 0 Å². The predicted octanol–water partition coefficient (Wildman–Crippen LogP) is 9.53. The van der Waals surface area contributed by atoms with E-state index < -0.39 is 0 Å². The molecule has 3 aromatic carbocycles. The van der Waals surface area contributed by atoms with Crippen LogP contribution in [0.5, 0.6) is 0 Å². The largest absolute Gasteiger partial charge is 0.456 e. The highest BCUT2D eigenvalue weighted by Gasteiger charge is 2.47. The van der Waals surface area contributed by atoms with E-state index in [2.05, 4.69) is 68.4 Å². The van der Waals surface area contributed by atoms with Crippen LogP contribution in [0, 0.1) is 23.7 Å². The Kier molecular flexibility index (Phi) is 5.12. The van der Waals surface area contributed by atoms with Crippen LogP contribution in [0.2, 0.25) is 0 Å². The molecule has 4 aliphatic carbocycles. The number of aromatic nitrogens is 3. The molecule has 208 valence electrons. The summed E-state index contributed by atoms with van der Waals surface area (Å²) < 4.78 is 6.33. The molecule has 5 aromatic rings.